The van der Waals surface area contributed by atoms with Crippen molar-refractivity contribution in [3.63, 3.8) is 0 Å². The van der Waals surface area contributed by atoms with Gasteiger partial charge in [0.2, 0.25) is 0 Å². The Hall–Kier alpha value is -2.34. The highest BCUT2D eigenvalue weighted by atomic mass is 16.5. The molecule has 0 radical (unpaired) electrons. The van der Waals surface area contributed by atoms with E-state index < -0.39 is 0 Å². The third-order valence-electron chi connectivity index (χ3n) is 3.45. The first kappa shape index (κ1) is 13.6. The van der Waals surface area contributed by atoms with Gasteiger partial charge in [0.05, 0.1) is 26.5 Å². The molecular weight excluding hydrogens is 272 g/mol. The lowest BCUT2D eigenvalue weighted by Crippen LogP contribution is -2.40. The van der Waals surface area contributed by atoms with Gasteiger partial charge in [-0.05, 0) is 24.3 Å². The summed E-state index contributed by atoms with van der Waals surface area (Å²) >= 11 is 0. The summed E-state index contributed by atoms with van der Waals surface area (Å²) in [6.07, 6.45) is 1.47. The molecule has 0 saturated carbocycles. The van der Waals surface area contributed by atoms with E-state index in [4.69, 9.17) is 14.0 Å². The summed E-state index contributed by atoms with van der Waals surface area (Å²) in [6, 6.07) is 7.33. The number of benzene rings is 1. The zero-order valence-electron chi connectivity index (χ0n) is 11.7. The van der Waals surface area contributed by atoms with E-state index in [1.807, 2.05) is 24.3 Å². The smallest absolute Gasteiger partial charge is 0.259 e. The molecular formula is C15H16N2O4. The van der Waals surface area contributed by atoms with E-state index in [0.717, 1.165) is 11.3 Å². The number of nitrogens with zero attached hydrogens (tertiary/aromatic N) is 2. The number of amides is 1. The monoisotopic (exact) mass is 288 g/mol. The number of ether oxygens (including phenoxy) is 2. The summed E-state index contributed by atoms with van der Waals surface area (Å²) in [5.74, 6) is 1.15. The molecule has 0 unspecified atom stereocenters. The molecule has 1 aliphatic heterocycles. The van der Waals surface area contributed by atoms with Gasteiger partial charge in [-0.15, -0.1) is 0 Å². The second kappa shape index (κ2) is 5.97. The molecule has 0 atom stereocenters. The van der Waals surface area contributed by atoms with E-state index in [9.17, 15) is 4.79 Å². The molecule has 1 aromatic carbocycles. The summed E-state index contributed by atoms with van der Waals surface area (Å²) < 4.78 is 15.7. The maximum Gasteiger partial charge on any atom is 0.259 e. The fourth-order valence-electron chi connectivity index (χ4n) is 2.28. The van der Waals surface area contributed by atoms with Gasteiger partial charge >= 0.3 is 0 Å². The summed E-state index contributed by atoms with van der Waals surface area (Å²) in [6.45, 7) is 2.31. The van der Waals surface area contributed by atoms with Crippen molar-refractivity contribution in [1.29, 1.82) is 0 Å². The van der Waals surface area contributed by atoms with Crippen LogP contribution in [0, 0.1) is 0 Å². The Kier molecular flexibility index (Phi) is 3.87. The van der Waals surface area contributed by atoms with Crippen LogP contribution in [0.1, 0.15) is 10.4 Å². The van der Waals surface area contributed by atoms with Crippen LogP contribution < -0.4 is 4.74 Å². The molecule has 1 aliphatic rings. The third kappa shape index (κ3) is 2.75. The van der Waals surface area contributed by atoms with Gasteiger partial charge in [-0.2, -0.15) is 0 Å². The Morgan fingerprint density at radius 2 is 1.95 bits per heavy atom. The van der Waals surface area contributed by atoms with Gasteiger partial charge < -0.3 is 18.9 Å². The zero-order valence-corrected chi connectivity index (χ0v) is 11.7. The number of carbonyl (C=O) groups excluding carboxylic acids is 1. The Labute approximate surface area is 122 Å². The second-order valence-electron chi connectivity index (χ2n) is 4.70. The molecule has 6 nitrogen and oxygen atoms in total. The topological polar surface area (TPSA) is 64.8 Å². The van der Waals surface area contributed by atoms with Crippen molar-refractivity contribution in [2.75, 3.05) is 33.4 Å². The highest BCUT2D eigenvalue weighted by Crippen LogP contribution is 2.26. The summed E-state index contributed by atoms with van der Waals surface area (Å²) in [4.78, 5) is 14.3. The van der Waals surface area contributed by atoms with Gasteiger partial charge in [-0.1, -0.05) is 5.16 Å². The van der Waals surface area contributed by atoms with Crippen molar-refractivity contribution in [2.24, 2.45) is 0 Å². The Bertz CT molecular complexity index is 615. The first-order valence-electron chi connectivity index (χ1n) is 6.75. The van der Waals surface area contributed by atoms with Crippen LogP contribution in [0.5, 0.6) is 5.75 Å². The number of carbonyl (C=O) groups is 1. The van der Waals surface area contributed by atoms with E-state index in [1.54, 1.807) is 12.0 Å². The fourth-order valence-corrected chi connectivity index (χ4v) is 2.28. The van der Waals surface area contributed by atoms with E-state index in [-0.39, 0.29) is 5.91 Å². The lowest BCUT2D eigenvalue weighted by molar-refractivity contribution is 0.0303. The largest absolute Gasteiger partial charge is 0.497 e. The maximum absolute atomic E-state index is 12.5. The molecule has 6 heteroatoms. The molecule has 1 amide bonds. The predicted octanol–water partition coefficient (Wildman–Crippen LogP) is 1.82. The van der Waals surface area contributed by atoms with Crippen LogP contribution >= 0.6 is 0 Å². The average Bonchev–Trinajstić information content (AvgIpc) is 3.04. The minimum absolute atomic E-state index is 0.0784. The van der Waals surface area contributed by atoms with Crippen LogP contribution in [0.25, 0.3) is 11.3 Å². The van der Waals surface area contributed by atoms with Crippen molar-refractivity contribution in [3.8, 4) is 17.1 Å². The molecule has 0 bridgehead atoms. The van der Waals surface area contributed by atoms with Crippen LogP contribution in [-0.4, -0.2) is 49.4 Å². The predicted molar refractivity (Wildman–Crippen MR) is 75.2 cm³/mol. The van der Waals surface area contributed by atoms with Crippen molar-refractivity contribution in [1.82, 2.24) is 10.1 Å². The Balaban J connectivity index is 1.87. The van der Waals surface area contributed by atoms with Gasteiger partial charge in [0.1, 0.15) is 11.3 Å². The van der Waals surface area contributed by atoms with Crippen molar-refractivity contribution >= 4 is 5.91 Å². The molecule has 0 spiro atoms. The molecule has 1 fully saturated rings. The van der Waals surface area contributed by atoms with Crippen molar-refractivity contribution < 1.29 is 18.8 Å². The Morgan fingerprint density at radius 1 is 1.24 bits per heavy atom. The van der Waals surface area contributed by atoms with E-state index in [2.05, 4.69) is 5.16 Å². The number of morpholine rings is 1. The quantitative estimate of drug-likeness (QED) is 0.862. The van der Waals surface area contributed by atoms with Crippen LogP contribution in [0.3, 0.4) is 0 Å². The molecule has 110 valence electrons. The molecule has 2 heterocycles. The van der Waals surface area contributed by atoms with E-state index >= 15 is 0 Å². The standard InChI is InChI=1S/C15H16N2O4/c1-19-12-4-2-11(3-5-12)14-13(10-16-21-14)15(18)17-6-8-20-9-7-17/h2-5,10H,6-9H2,1H3. The molecule has 0 aliphatic carbocycles. The van der Waals surface area contributed by atoms with E-state index in [0.29, 0.717) is 37.6 Å². The van der Waals surface area contributed by atoms with Crippen molar-refractivity contribution in [2.45, 2.75) is 0 Å². The van der Waals surface area contributed by atoms with Crippen LogP contribution in [0.2, 0.25) is 0 Å². The number of hydrogen-bond acceptors (Lipinski definition) is 5. The van der Waals surface area contributed by atoms with Crippen molar-refractivity contribution in [3.05, 3.63) is 36.0 Å². The molecule has 1 saturated heterocycles. The average molecular weight is 288 g/mol. The fraction of sp³-hybridized carbons (Fsp3) is 0.333. The third-order valence-corrected chi connectivity index (χ3v) is 3.45. The maximum atomic E-state index is 12.5. The van der Waals surface area contributed by atoms with E-state index in [1.165, 1.54) is 6.20 Å². The zero-order chi connectivity index (χ0) is 14.7. The molecule has 21 heavy (non-hydrogen) atoms. The number of aromatic nitrogens is 1. The molecule has 0 N–H and O–H groups in total. The Morgan fingerprint density at radius 3 is 2.62 bits per heavy atom. The molecule has 1 aromatic heterocycles. The highest BCUT2D eigenvalue weighted by molar-refractivity contribution is 5.99. The van der Waals surface area contributed by atoms with Gasteiger partial charge in [0, 0.05) is 18.7 Å². The van der Waals surface area contributed by atoms with Gasteiger partial charge in [-0.3, -0.25) is 4.79 Å². The van der Waals surface area contributed by atoms with Crippen LogP contribution in [0.4, 0.5) is 0 Å². The number of rotatable bonds is 3. The number of hydrogen-bond donors (Lipinski definition) is 0. The lowest BCUT2D eigenvalue weighted by atomic mass is 10.1. The molecule has 3 rings (SSSR count). The van der Waals surface area contributed by atoms with Gasteiger partial charge in [0.15, 0.2) is 5.76 Å². The minimum Gasteiger partial charge on any atom is -0.497 e. The van der Waals surface area contributed by atoms with Crippen LogP contribution in [-0.2, 0) is 4.74 Å². The van der Waals surface area contributed by atoms with Gasteiger partial charge in [-0.25, -0.2) is 0 Å². The van der Waals surface area contributed by atoms with Crippen LogP contribution in [0.15, 0.2) is 35.0 Å². The number of methoxy groups -OCH3 is 1. The lowest BCUT2D eigenvalue weighted by Gasteiger charge is -2.26. The summed E-state index contributed by atoms with van der Waals surface area (Å²) in [7, 11) is 1.61. The normalized spacial score (nSPS) is 15.0. The highest BCUT2D eigenvalue weighted by Gasteiger charge is 2.24. The minimum atomic E-state index is -0.0784. The summed E-state index contributed by atoms with van der Waals surface area (Å²) in [5.41, 5.74) is 1.27. The summed E-state index contributed by atoms with van der Waals surface area (Å²) in [5, 5.41) is 3.77. The first-order chi connectivity index (χ1) is 10.3. The molecule has 2 aromatic rings. The second-order valence-corrected chi connectivity index (χ2v) is 4.70. The SMILES string of the molecule is COc1ccc(-c2oncc2C(=O)N2CCOCC2)cc1. The first-order valence-corrected chi connectivity index (χ1v) is 6.75. The van der Waals surface area contributed by atoms with Gasteiger partial charge in [0.25, 0.3) is 5.91 Å².